The van der Waals surface area contributed by atoms with E-state index in [2.05, 4.69) is 10.6 Å². The molecular formula is C19H25ClN2O4. The molecule has 1 aliphatic rings. The highest BCUT2D eigenvalue weighted by Crippen LogP contribution is 2.24. The predicted molar refractivity (Wildman–Crippen MR) is 103 cm³/mol. The van der Waals surface area contributed by atoms with Gasteiger partial charge < -0.3 is 19.8 Å². The van der Waals surface area contributed by atoms with Gasteiger partial charge in [0.1, 0.15) is 11.3 Å². The quantitative estimate of drug-likeness (QED) is 0.778. The van der Waals surface area contributed by atoms with Crippen LogP contribution in [0.4, 0.5) is 0 Å². The SMILES string of the molecule is COc1ccc2c(C)c(CCC(=O)NC3CCNCC3)c(=O)oc2c1.Cl. The predicted octanol–water partition coefficient (Wildman–Crippen LogP) is 2.33. The minimum Gasteiger partial charge on any atom is -0.497 e. The monoisotopic (exact) mass is 380 g/mol. The van der Waals surface area contributed by atoms with Crippen molar-refractivity contribution in [3.05, 3.63) is 39.7 Å². The number of hydrogen-bond donors (Lipinski definition) is 2. The van der Waals surface area contributed by atoms with Crippen molar-refractivity contribution in [3.63, 3.8) is 0 Å². The largest absolute Gasteiger partial charge is 0.497 e. The van der Waals surface area contributed by atoms with Gasteiger partial charge in [0.05, 0.1) is 7.11 Å². The summed E-state index contributed by atoms with van der Waals surface area (Å²) >= 11 is 0. The summed E-state index contributed by atoms with van der Waals surface area (Å²) in [6, 6.07) is 5.65. The van der Waals surface area contributed by atoms with Crippen molar-refractivity contribution < 1.29 is 13.9 Å². The van der Waals surface area contributed by atoms with Gasteiger partial charge in [0.15, 0.2) is 0 Å². The molecule has 142 valence electrons. The van der Waals surface area contributed by atoms with Crippen LogP contribution in [0.15, 0.2) is 27.4 Å². The van der Waals surface area contributed by atoms with Crippen LogP contribution in [0.2, 0.25) is 0 Å². The lowest BCUT2D eigenvalue weighted by atomic mass is 10.0. The molecule has 7 heteroatoms. The summed E-state index contributed by atoms with van der Waals surface area (Å²) in [7, 11) is 1.57. The van der Waals surface area contributed by atoms with Crippen molar-refractivity contribution in [1.82, 2.24) is 10.6 Å². The number of halogens is 1. The zero-order chi connectivity index (χ0) is 17.8. The van der Waals surface area contributed by atoms with Crippen LogP contribution in [-0.2, 0) is 11.2 Å². The Morgan fingerprint density at radius 3 is 2.77 bits per heavy atom. The fraction of sp³-hybridized carbons (Fsp3) is 0.474. The molecule has 0 bridgehead atoms. The van der Waals surface area contributed by atoms with Crippen LogP contribution in [0, 0.1) is 6.92 Å². The molecule has 1 fully saturated rings. The summed E-state index contributed by atoms with van der Waals surface area (Å²) in [6.07, 6.45) is 2.57. The number of carbonyl (C=O) groups is 1. The number of carbonyl (C=O) groups excluding carboxylic acids is 1. The lowest BCUT2D eigenvalue weighted by Crippen LogP contribution is -2.42. The number of methoxy groups -OCH3 is 1. The van der Waals surface area contributed by atoms with Crippen LogP contribution in [0.25, 0.3) is 11.0 Å². The van der Waals surface area contributed by atoms with E-state index in [1.807, 2.05) is 19.1 Å². The molecule has 1 aromatic heterocycles. The Bertz CT molecular complexity index is 828. The Morgan fingerprint density at radius 1 is 1.35 bits per heavy atom. The lowest BCUT2D eigenvalue weighted by Gasteiger charge is -2.23. The molecule has 0 saturated carbocycles. The summed E-state index contributed by atoms with van der Waals surface area (Å²) < 4.78 is 10.6. The van der Waals surface area contributed by atoms with Crippen molar-refractivity contribution in [2.45, 2.75) is 38.6 Å². The van der Waals surface area contributed by atoms with Crippen LogP contribution in [0.3, 0.4) is 0 Å². The number of fused-ring (bicyclic) bond motifs is 1. The smallest absolute Gasteiger partial charge is 0.339 e. The first kappa shape index (κ1) is 20.3. The van der Waals surface area contributed by atoms with Crippen LogP contribution >= 0.6 is 12.4 Å². The molecule has 2 N–H and O–H groups in total. The Hall–Kier alpha value is -2.05. The Labute approximate surface area is 158 Å². The Balaban J connectivity index is 0.00000243. The summed E-state index contributed by atoms with van der Waals surface area (Å²) in [5.41, 5.74) is 1.55. The first-order valence-electron chi connectivity index (χ1n) is 8.69. The molecule has 2 aromatic rings. The Morgan fingerprint density at radius 2 is 2.08 bits per heavy atom. The molecule has 0 radical (unpaired) electrons. The van der Waals surface area contributed by atoms with Crippen LogP contribution < -0.4 is 21.0 Å². The number of rotatable bonds is 5. The molecule has 26 heavy (non-hydrogen) atoms. The normalized spacial score (nSPS) is 14.7. The second-order valence-corrected chi connectivity index (χ2v) is 6.45. The van der Waals surface area contributed by atoms with E-state index in [1.165, 1.54) is 0 Å². The van der Waals surface area contributed by atoms with Crippen molar-refractivity contribution in [2.24, 2.45) is 0 Å². The lowest BCUT2D eigenvalue weighted by molar-refractivity contribution is -0.121. The maximum Gasteiger partial charge on any atom is 0.339 e. The minimum absolute atomic E-state index is 0. The van der Waals surface area contributed by atoms with Gasteiger partial charge >= 0.3 is 5.63 Å². The first-order chi connectivity index (χ1) is 12.1. The molecule has 0 aliphatic carbocycles. The van der Waals surface area contributed by atoms with Gasteiger partial charge in [-0.3, -0.25) is 4.79 Å². The highest BCUT2D eigenvalue weighted by Gasteiger charge is 2.17. The zero-order valence-corrected chi connectivity index (χ0v) is 15.9. The third-order valence-electron chi connectivity index (χ3n) is 4.80. The zero-order valence-electron chi connectivity index (χ0n) is 15.1. The summed E-state index contributed by atoms with van der Waals surface area (Å²) in [5, 5.41) is 7.19. The first-order valence-corrected chi connectivity index (χ1v) is 8.69. The summed E-state index contributed by atoms with van der Waals surface area (Å²) in [6.45, 7) is 3.76. The van der Waals surface area contributed by atoms with E-state index in [4.69, 9.17) is 9.15 Å². The molecule has 2 heterocycles. The third kappa shape index (κ3) is 4.56. The molecule has 1 amide bonds. The highest BCUT2D eigenvalue weighted by molar-refractivity contribution is 5.85. The number of hydrogen-bond acceptors (Lipinski definition) is 5. The number of piperidine rings is 1. The molecule has 1 aromatic carbocycles. The third-order valence-corrected chi connectivity index (χ3v) is 4.80. The van der Waals surface area contributed by atoms with E-state index < -0.39 is 0 Å². The molecular weight excluding hydrogens is 356 g/mol. The molecule has 0 unspecified atom stereocenters. The molecule has 1 aliphatic heterocycles. The molecule has 1 saturated heterocycles. The van der Waals surface area contributed by atoms with Gasteiger partial charge in [-0.25, -0.2) is 4.79 Å². The number of nitrogens with one attached hydrogen (secondary N) is 2. The van der Waals surface area contributed by atoms with E-state index in [0.717, 1.165) is 36.9 Å². The number of aryl methyl sites for hydroxylation is 1. The van der Waals surface area contributed by atoms with Gasteiger partial charge in [0.2, 0.25) is 5.91 Å². The number of ether oxygens (including phenoxy) is 1. The molecule has 0 atom stereocenters. The second-order valence-electron chi connectivity index (χ2n) is 6.45. The average molecular weight is 381 g/mol. The highest BCUT2D eigenvalue weighted by atomic mass is 35.5. The fourth-order valence-corrected chi connectivity index (χ4v) is 3.30. The van der Waals surface area contributed by atoms with Gasteiger partial charge in [0.25, 0.3) is 0 Å². The maximum absolute atomic E-state index is 12.3. The summed E-state index contributed by atoms with van der Waals surface area (Å²) in [5.74, 6) is 0.629. The number of benzene rings is 1. The van der Waals surface area contributed by atoms with Gasteiger partial charge in [0, 0.05) is 29.5 Å². The van der Waals surface area contributed by atoms with Gasteiger partial charge in [-0.2, -0.15) is 0 Å². The van der Waals surface area contributed by atoms with Crippen LogP contribution in [-0.4, -0.2) is 32.1 Å². The van der Waals surface area contributed by atoms with Crippen LogP contribution in [0.5, 0.6) is 5.75 Å². The Kier molecular flexibility index (Phi) is 7.06. The fourth-order valence-electron chi connectivity index (χ4n) is 3.30. The van der Waals surface area contributed by atoms with Gasteiger partial charge in [-0.15, -0.1) is 12.4 Å². The average Bonchev–Trinajstić information content (AvgIpc) is 2.61. The van der Waals surface area contributed by atoms with Crippen molar-refractivity contribution in [3.8, 4) is 5.75 Å². The summed E-state index contributed by atoms with van der Waals surface area (Å²) in [4.78, 5) is 24.5. The minimum atomic E-state index is -0.382. The topological polar surface area (TPSA) is 80.6 Å². The van der Waals surface area contributed by atoms with E-state index in [1.54, 1.807) is 13.2 Å². The van der Waals surface area contributed by atoms with E-state index in [9.17, 15) is 9.59 Å². The molecule has 0 spiro atoms. The van der Waals surface area contributed by atoms with Gasteiger partial charge in [-0.1, -0.05) is 0 Å². The van der Waals surface area contributed by atoms with Crippen molar-refractivity contribution in [2.75, 3.05) is 20.2 Å². The standard InChI is InChI=1S/C19H24N2O4.ClH/c1-12-15-4-3-14(24-2)11-17(15)25-19(23)16(12)5-6-18(22)21-13-7-9-20-10-8-13;/h3-4,11,13,20H,5-10H2,1-2H3,(H,21,22);1H. The molecule has 3 rings (SSSR count). The second kappa shape index (κ2) is 9.05. The van der Waals surface area contributed by atoms with E-state index >= 15 is 0 Å². The van der Waals surface area contributed by atoms with Crippen LogP contribution in [0.1, 0.15) is 30.4 Å². The van der Waals surface area contributed by atoms with Crippen molar-refractivity contribution >= 4 is 29.3 Å². The van der Waals surface area contributed by atoms with Gasteiger partial charge in [-0.05, 0) is 57.0 Å². The maximum atomic E-state index is 12.3. The number of amides is 1. The molecule has 6 nitrogen and oxygen atoms in total. The van der Waals surface area contributed by atoms with E-state index in [-0.39, 0.29) is 36.4 Å². The van der Waals surface area contributed by atoms with E-state index in [0.29, 0.717) is 23.3 Å². The van der Waals surface area contributed by atoms with Crippen molar-refractivity contribution in [1.29, 1.82) is 0 Å².